The number of hydroxylamine groups is 1. The first-order valence-electron chi connectivity index (χ1n) is 13.1. The molecule has 0 spiro atoms. The van der Waals surface area contributed by atoms with Crippen LogP contribution in [0.25, 0.3) is 10.4 Å². The number of carbonyl (C=O) groups is 3. The van der Waals surface area contributed by atoms with Gasteiger partial charge in [-0.05, 0) is 68.2 Å². The maximum Gasteiger partial charge on any atom is 0.325 e. The summed E-state index contributed by atoms with van der Waals surface area (Å²) >= 11 is 3.52. The number of carbonyl (C=O) groups excluding carboxylic acids is 3. The molecule has 0 bridgehead atoms. The summed E-state index contributed by atoms with van der Waals surface area (Å²) in [7, 11) is 0. The Morgan fingerprint density at radius 1 is 1.13 bits per heavy atom. The van der Waals surface area contributed by atoms with E-state index in [2.05, 4.69) is 28.2 Å². The second-order valence-corrected chi connectivity index (χ2v) is 11.8. The molecule has 3 amide bonds. The first-order chi connectivity index (χ1) is 18.5. The summed E-state index contributed by atoms with van der Waals surface area (Å²) in [5.74, 6) is 0.385. The van der Waals surface area contributed by atoms with Gasteiger partial charge in [0.25, 0.3) is 0 Å². The lowest BCUT2D eigenvalue weighted by Crippen LogP contribution is -2.37. The maximum atomic E-state index is 12.9. The molecule has 11 heteroatoms. The Labute approximate surface area is 231 Å². The van der Waals surface area contributed by atoms with Gasteiger partial charge in [0.2, 0.25) is 5.91 Å². The van der Waals surface area contributed by atoms with Crippen molar-refractivity contribution >= 4 is 46.7 Å². The van der Waals surface area contributed by atoms with E-state index in [0.29, 0.717) is 18.7 Å². The molecule has 1 aromatic carbocycles. The number of urea groups is 1. The second kappa shape index (κ2) is 14.0. The molecule has 0 aliphatic carbocycles. The molecule has 206 valence electrons. The normalized spacial score (nSPS) is 21.3. The number of rotatable bonds is 10. The number of nitrogens with one attached hydrogen (secondary N) is 3. The highest BCUT2D eigenvalue weighted by Crippen LogP contribution is 2.51. The second-order valence-electron chi connectivity index (χ2n) is 9.27. The van der Waals surface area contributed by atoms with Gasteiger partial charge < -0.3 is 20.1 Å². The highest BCUT2D eigenvalue weighted by atomic mass is 32.2. The fraction of sp³-hybridized carbons (Fsp3) is 0.519. The number of esters is 1. The van der Waals surface area contributed by atoms with Gasteiger partial charge in [-0.25, -0.2) is 15.1 Å². The van der Waals surface area contributed by atoms with Crippen LogP contribution in [-0.2, 0) is 28.6 Å². The third-order valence-electron chi connectivity index (χ3n) is 6.40. The minimum Gasteiger partial charge on any atom is -0.465 e. The van der Waals surface area contributed by atoms with Crippen LogP contribution in [0.15, 0.2) is 36.4 Å². The Balaban J connectivity index is 1.40. The SMILES string of the molecule is CCOC(=O)CNC(=O)Nc1cccc(-c2ccc([C@@]3(CC(=O)NOC4CCCCO4)CCCCS3)s2)c1. The summed E-state index contributed by atoms with van der Waals surface area (Å²) in [6.45, 7) is 2.44. The van der Waals surface area contributed by atoms with Gasteiger partial charge in [0.1, 0.15) is 6.54 Å². The van der Waals surface area contributed by atoms with Crippen molar-refractivity contribution < 1.29 is 28.7 Å². The van der Waals surface area contributed by atoms with Gasteiger partial charge in [-0.2, -0.15) is 0 Å². The van der Waals surface area contributed by atoms with Gasteiger partial charge >= 0.3 is 12.0 Å². The van der Waals surface area contributed by atoms with Crippen molar-refractivity contribution in [3.63, 3.8) is 0 Å². The molecule has 2 aliphatic heterocycles. The van der Waals surface area contributed by atoms with Gasteiger partial charge in [-0.3, -0.25) is 9.59 Å². The number of ether oxygens (including phenoxy) is 2. The number of hydrogen-bond acceptors (Lipinski definition) is 8. The molecule has 2 fully saturated rings. The number of thiophene rings is 1. The number of anilines is 1. The average Bonchev–Trinajstić information content (AvgIpc) is 3.44. The van der Waals surface area contributed by atoms with Crippen LogP contribution in [0.5, 0.6) is 0 Å². The molecule has 1 unspecified atom stereocenters. The molecule has 2 atom stereocenters. The first-order valence-corrected chi connectivity index (χ1v) is 14.9. The van der Waals surface area contributed by atoms with Crippen LogP contribution in [0, 0.1) is 0 Å². The van der Waals surface area contributed by atoms with Crippen LogP contribution in [0.3, 0.4) is 0 Å². The number of benzene rings is 1. The summed E-state index contributed by atoms with van der Waals surface area (Å²) in [5.41, 5.74) is 4.21. The highest BCUT2D eigenvalue weighted by Gasteiger charge is 2.38. The van der Waals surface area contributed by atoms with E-state index in [0.717, 1.165) is 59.6 Å². The van der Waals surface area contributed by atoms with Gasteiger partial charge in [0, 0.05) is 34.9 Å². The minimum atomic E-state index is -0.486. The first kappa shape index (κ1) is 28.4. The van der Waals surface area contributed by atoms with Crippen LogP contribution in [-0.4, -0.2) is 49.7 Å². The Hall–Kier alpha value is -2.60. The quantitative estimate of drug-likeness (QED) is 0.271. The third kappa shape index (κ3) is 7.95. The average molecular weight is 562 g/mol. The van der Waals surface area contributed by atoms with E-state index in [-0.39, 0.29) is 30.1 Å². The lowest BCUT2D eigenvalue weighted by atomic mass is 9.94. The molecule has 3 heterocycles. The van der Waals surface area contributed by atoms with E-state index in [9.17, 15) is 14.4 Å². The molecule has 2 saturated heterocycles. The van der Waals surface area contributed by atoms with E-state index in [1.165, 1.54) is 0 Å². The van der Waals surface area contributed by atoms with E-state index in [1.807, 2.05) is 30.0 Å². The molecule has 0 saturated carbocycles. The Morgan fingerprint density at radius 2 is 2.03 bits per heavy atom. The third-order valence-corrected chi connectivity index (χ3v) is 9.48. The van der Waals surface area contributed by atoms with E-state index < -0.39 is 12.0 Å². The summed E-state index contributed by atoms with van der Waals surface area (Å²) < 4.78 is 10.1. The minimum absolute atomic E-state index is 0.136. The summed E-state index contributed by atoms with van der Waals surface area (Å²) in [6, 6.07) is 11.3. The Bertz CT molecular complexity index is 1100. The lowest BCUT2D eigenvalue weighted by molar-refractivity contribution is -0.200. The molecule has 38 heavy (non-hydrogen) atoms. The Kier molecular flexibility index (Phi) is 10.4. The summed E-state index contributed by atoms with van der Waals surface area (Å²) in [6.07, 6.45) is 5.95. The fourth-order valence-electron chi connectivity index (χ4n) is 4.53. The van der Waals surface area contributed by atoms with Crippen molar-refractivity contribution in [1.82, 2.24) is 10.8 Å². The molecular weight excluding hydrogens is 526 g/mol. The monoisotopic (exact) mass is 561 g/mol. The van der Waals surface area contributed by atoms with Gasteiger partial charge in [-0.15, -0.1) is 23.1 Å². The molecule has 2 aliphatic rings. The zero-order chi connectivity index (χ0) is 26.8. The van der Waals surface area contributed by atoms with Crippen molar-refractivity contribution in [2.45, 2.75) is 62.9 Å². The van der Waals surface area contributed by atoms with Crippen molar-refractivity contribution in [3.05, 3.63) is 41.3 Å². The molecule has 3 N–H and O–H groups in total. The predicted molar refractivity (Wildman–Crippen MR) is 149 cm³/mol. The van der Waals surface area contributed by atoms with Crippen molar-refractivity contribution in [1.29, 1.82) is 0 Å². The van der Waals surface area contributed by atoms with Crippen molar-refractivity contribution in [3.8, 4) is 10.4 Å². The molecule has 4 rings (SSSR count). The summed E-state index contributed by atoms with van der Waals surface area (Å²) in [5, 5.41) is 5.26. The molecule has 1 aromatic heterocycles. The zero-order valence-corrected chi connectivity index (χ0v) is 23.2. The molecule has 2 aromatic rings. The van der Waals surface area contributed by atoms with Gasteiger partial charge in [0.15, 0.2) is 6.29 Å². The molecule has 9 nitrogen and oxygen atoms in total. The van der Waals surface area contributed by atoms with Crippen LogP contribution < -0.4 is 16.1 Å². The largest absolute Gasteiger partial charge is 0.465 e. The lowest BCUT2D eigenvalue weighted by Gasteiger charge is -2.35. The Morgan fingerprint density at radius 3 is 2.79 bits per heavy atom. The standard InChI is InChI=1S/C27H35N3O6S2/c1-2-34-24(32)18-28-26(33)29-20-9-7-8-19(16-20)21-11-12-22(38-21)27(13-4-6-15-37-27)17-23(31)30-36-25-10-3-5-14-35-25/h7-9,11-12,16,25H,2-6,10,13-15,17-18H2,1H3,(H,30,31)(H2,28,29,33)/t25?,27-/m0/s1. The van der Waals surface area contributed by atoms with Crippen LogP contribution in [0.1, 0.15) is 56.7 Å². The smallest absolute Gasteiger partial charge is 0.325 e. The van der Waals surface area contributed by atoms with Crippen molar-refractivity contribution in [2.24, 2.45) is 0 Å². The van der Waals surface area contributed by atoms with E-state index in [1.54, 1.807) is 24.3 Å². The van der Waals surface area contributed by atoms with Crippen LogP contribution in [0.4, 0.5) is 10.5 Å². The van der Waals surface area contributed by atoms with E-state index >= 15 is 0 Å². The number of hydrogen-bond donors (Lipinski definition) is 3. The predicted octanol–water partition coefficient (Wildman–Crippen LogP) is 5.18. The molecular formula is C27H35N3O6S2. The summed E-state index contributed by atoms with van der Waals surface area (Å²) in [4.78, 5) is 44.3. The fourth-order valence-corrected chi connectivity index (χ4v) is 7.42. The van der Waals surface area contributed by atoms with Gasteiger partial charge in [0.05, 0.1) is 11.4 Å². The van der Waals surface area contributed by atoms with Crippen molar-refractivity contribution in [2.75, 3.05) is 30.8 Å². The zero-order valence-electron chi connectivity index (χ0n) is 21.6. The maximum absolute atomic E-state index is 12.9. The molecule has 0 radical (unpaired) electrons. The number of thioether (sulfide) groups is 1. The highest BCUT2D eigenvalue weighted by molar-refractivity contribution is 8.00. The van der Waals surface area contributed by atoms with Crippen LogP contribution >= 0.6 is 23.1 Å². The number of amides is 3. The topological polar surface area (TPSA) is 115 Å². The van der Waals surface area contributed by atoms with E-state index in [4.69, 9.17) is 14.3 Å². The van der Waals surface area contributed by atoms with Gasteiger partial charge in [-0.1, -0.05) is 18.6 Å². The van der Waals surface area contributed by atoms with Crippen LogP contribution in [0.2, 0.25) is 0 Å².